The van der Waals surface area contributed by atoms with Crippen LogP contribution in [-0.2, 0) is 0 Å². The highest BCUT2D eigenvalue weighted by molar-refractivity contribution is 6.33. The third kappa shape index (κ3) is 3.30. The minimum atomic E-state index is -0.122. The van der Waals surface area contributed by atoms with Crippen molar-refractivity contribution in [3.63, 3.8) is 0 Å². The second-order valence-corrected chi connectivity index (χ2v) is 6.62. The number of nitrogens with zero attached hydrogens (tertiary/aromatic N) is 4. The van der Waals surface area contributed by atoms with Crippen LogP contribution in [-0.4, -0.2) is 51.8 Å². The Kier molecular flexibility index (Phi) is 4.87. The maximum atomic E-state index is 12.9. The minimum Gasteiger partial charge on any atom is -0.336 e. The molecule has 6 nitrogen and oxygen atoms in total. The number of hydrogen-bond acceptors (Lipinski definition) is 4. The number of pyridine rings is 1. The molecule has 24 heavy (non-hydrogen) atoms. The third-order valence-electron chi connectivity index (χ3n) is 4.38. The quantitative estimate of drug-likeness (QED) is 0.925. The summed E-state index contributed by atoms with van der Waals surface area (Å²) in [5, 5.41) is 8.04. The molecule has 0 aromatic carbocycles. The lowest BCUT2D eigenvalue weighted by Gasteiger charge is -2.32. The largest absolute Gasteiger partial charge is 0.336 e. The molecule has 0 aliphatic carbocycles. The first kappa shape index (κ1) is 16.9. The van der Waals surface area contributed by atoms with Crippen LogP contribution >= 0.6 is 11.6 Å². The number of rotatable bonds is 3. The van der Waals surface area contributed by atoms with E-state index in [-0.39, 0.29) is 5.91 Å². The van der Waals surface area contributed by atoms with Crippen molar-refractivity contribution in [3.05, 3.63) is 40.3 Å². The maximum absolute atomic E-state index is 12.9. The van der Waals surface area contributed by atoms with Crippen molar-refractivity contribution < 1.29 is 4.79 Å². The fourth-order valence-electron chi connectivity index (χ4n) is 3.11. The molecule has 2 aromatic rings. The van der Waals surface area contributed by atoms with E-state index in [1.54, 1.807) is 16.8 Å². The Balaban J connectivity index is 1.91. The van der Waals surface area contributed by atoms with Gasteiger partial charge in [-0.1, -0.05) is 11.6 Å². The lowest BCUT2D eigenvalue weighted by atomic mass is 10.1. The van der Waals surface area contributed by atoms with E-state index >= 15 is 0 Å². The molecule has 0 spiro atoms. The first-order chi connectivity index (χ1) is 11.5. The van der Waals surface area contributed by atoms with Gasteiger partial charge in [0.25, 0.3) is 5.91 Å². The highest BCUT2D eigenvalue weighted by Crippen LogP contribution is 2.21. The third-order valence-corrected chi connectivity index (χ3v) is 4.68. The summed E-state index contributed by atoms with van der Waals surface area (Å²) < 4.78 is 1.73. The molecule has 7 heteroatoms. The SMILES string of the molecule is CNC1CCCN(C(=O)c2nc(-n3nc(C)cc3C)ccc2Cl)C1. The van der Waals surface area contributed by atoms with Crippen molar-refractivity contribution in [1.29, 1.82) is 0 Å². The summed E-state index contributed by atoms with van der Waals surface area (Å²) >= 11 is 6.26. The van der Waals surface area contributed by atoms with E-state index in [0.29, 0.717) is 29.1 Å². The molecule has 1 fully saturated rings. The number of carbonyl (C=O) groups excluding carboxylic acids is 1. The molecule has 0 saturated carbocycles. The van der Waals surface area contributed by atoms with Gasteiger partial charge in [-0.05, 0) is 51.9 Å². The van der Waals surface area contributed by atoms with E-state index in [1.807, 2.05) is 31.9 Å². The van der Waals surface area contributed by atoms with E-state index in [1.165, 1.54) is 0 Å². The second-order valence-electron chi connectivity index (χ2n) is 6.22. The van der Waals surface area contributed by atoms with E-state index in [2.05, 4.69) is 15.4 Å². The number of carbonyl (C=O) groups is 1. The molecule has 0 radical (unpaired) electrons. The Labute approximate surface area is 146 Å². The summed E-state index contributed by atoms with van der Waals surface area (Å²) in [6.07, 6.45) is 2.05. The van der Waals surface area contributed by atoms with Crippen molar-refractivity contribution in [2.75, 3.05) is 20.1 Å². The molecular weight excluding hydrogens is 326 g/mol. The summed E-state index contributed by atoms with van der Waals surface area (Å²) in [6.45, 7) is 5.30. The molecule has 2 aromatic heterocycles. The Morgan fingerprint density at radius 1 is 1.38 bits per heavy atom. The zero-order valence-corrected chi connectivity index (χ0v) is 15.0. The predicted octanol–water partition coefficient (Wildman–Crippen LogP) is 2.36. The summed E-state index contributed by atoms with van der Waals surface area (Å²) in [6, 6.07) is 5.79. The van der Waals surface area contributed by atoms with Crippen molar-refractivity contribution in [2.45, 2.75) is 32.7 Å². The average Bonchev–Trinajstić information content (AvgIpc) is 2.93. The van der Waals surface area contributed by atoms with Crippen LogP contribution in [0.15, 0.2) is 18.2 Å². The molecule has 128 valence electrons. The van der Waals surface area contributed by atoms with Crippen molar-refractivity contribution in [1.82, 2.24) is 25.0 Å². The molecule has 1 N–H and O–H groups in total. The fourth-order valence-corrected chi connectivity index (χ4v) is 3.29. The number of aromatic nitrogens is 3. The zero-order valence-electron chi connectivity index (χ0n) is 14.2. The number of hydrogen-bond donors (Lipinski definition) is 1. The first-order valence-electron chi connectivity index (χ1n) is 8.16. The van der Waals surface area contributed by atoms with Gasteiger partial charge in [-0.15, -0.1) is 0 Å². The lowest BCUT2D eigenvalue weighted by Crippen LogP contribution is -2.47. The van der Waals surface area contributed by atoms with Crippen molar-refractivity contribution >= 4 is 17.5 Å². The number of halogens is 1. The topological polar surface area (TPSA) is 63.1 Å². The van der Waals surface area contributed by atoms with Gasteiger partial charge in [0.2, 0.25) is 0 Å². The molecule has 1 saturated heterocycles. The normalized spacial score (nSPS) is 18.0. The molecule has 1 amide bonds. The van der Waals surface area contributed by atoms with Crippen LogP contribution < -0.4 is 5.32 Å². The number of piperidine rings is 1. The zero-order chi connectivity index (χ0) is 17.3. The molecule has 3 heterocycles. The lowest BCUT2D eigenvalue weighted by molar-refractivity contribution is 0.0692. The Hall–Kier alpha value is -1.92. The smallest absolute Gasteiger partial charge is 0.274 e. The van der Waals surface area contributed by atoms with E-state index in [9.17, 15) is 4.79 Å². The number of nitrogens with one attached hydrogen (secondary N) is 1. The van der Waals surface area contributed by atoms with Crippen LogP contribution in [0.3, 0.4) is 0 Å². The minimum absolute atomic E-state index is 0.122. The van der Waals surface area contributed by atoms with Gasteiger partial charge in [0.15, 0.2) is 5.82 Å². The highest BCUT2D eigenvalue weighted by Gasteiger charge is 2.26. The van der Waals surface area contributed by atoms with Crippen molar-refractivity contribution in [2.24, 2.45) is 0 Å². The van der Waals surface area contributed by atoms with Gasteiger partial charge in [0.1, 0.15) is 5.69 Å². The van der Waals surface area contributed by atoms with Gasteiger partial charge in [-0.25, -0.2) is 9.67 Å². The van der Waals surface area contributed by atoms with Gasteiger partial charge in [-0.3, -0.25) is 4.79 Å². The van der Waals surface area contributed by atoms with Crippen LogP contribution in [0.1, 0.15) is 34.7 Å². The van der Waals surface area contributed by atoms with Gasteiger partial charge in [0, 0.05) is 24.8 Å². The monoisotopic (exact) mass is 347 g/mol. The molecule has 1 aliphatic rings. The Bertz CT molecular complexity index is 757. The van der Waals surface area contributed by atoms with Gasteiger partial charge in [-0.2, -0.15) is 5.10 Å². The van der Waals surface area contributed by atoms with Gasteiger partial charge in [0.05, 0.1) is 10.7 Å². The molecule has 1 atom stereocenters. The van der Waals surface area contributed by atoms with Gasteiger partial charge < -0.3 is 10.2 Å². The Morgan fingerprint density at radius 3 is 2.83 bits per heavy atom. The van der Waals surface area contributed by atoms with E-state index < -0.39 is 0 Å². The predicted molar refractivity (Wildman–Crippen MR) is 93.8 cm³/mol. The van der Waals surface area contributed by atoms with Crippen LogP contribution in [0.5, 0.6) is 0 Å². The average molecular weight is 348 g/mol. The molecule has 3 rings (SSSR count). The molecular formula is C17H22ClN5O. The van der Waals surface area contributed by atoms with Gasteiger partial charge >= 0.3 is 0 Å². The standard InChI is InChI=1S/C17H22ClN5O/c1-11-9-12(2)23(21-11)15-7-6-14(18)16(20-15)17(24)22-8-4-5-13(10-22)19-3/h6-7,9,13,19H,4-5,8,10H2,1-3H3. The highest BCUT2D eigenvalue weighted by atomic mass is 35.5. The first-order valence-corrected chi connectivity index (χ1v) is 8.54. The summed E-state index contributed by atoms with van der Waals surface area (Å²) in [5.74, 6) is 0.485. The van der Waals surface area contributed by atoms with Crippen LogP contribution in [0, 0.1) is 13.8 Å². The van der Waals surface area contributed by atoms with Crippen LogP contribution in [0.2, 0.25) is 5.02 Å². The number of likely N-dealkylation sites (N-methyl/N-ethyl adjacent to an activating group) is 1. The number of aryl methyl sites for hydroxylation is 2. The molecule has 0 bridgehead atoms. The van der Waals surface area contributed by atoms with Crippen LogP contribution in [0.25, 0.3) is 5.82 Å². The summed E-state index contributed by atoms with van der Waals surface area (Å²) in [5.41, 5.74) is 2.16. The Morgan fingerprint density at radius 2 is 2.17 bits per heavy atom. The summed E-state index contributed by atoms with van der Waals surface area (Å²) in [4.78, 5) is 19.2. The van der Waals surface area contributed by atoms with Crippen LogP contribution in [0.4, 0.5) is 0 Å². The van der Waals surface area contributed by atoms with E-state index in [4.69, 9.17) is 11.6 Å². The second kappa shape index (κ2) is 6.91. The fraction of sp³-hybridized carbons (Fsp3) is 0.471. The molecule has 1 aliphatic heterocycles. The maximum Gasteiger partial charge on any atom is 0.274 e. The summed E-state index contributed by atoms with van der Waals surface area (Å²) in [7, 11) is 1.92. The van der Waals surface area contributed by atoms with E-state index in [0.717, 1.165) is 30.8 Å². The van der Waals surface area contributed by atoms with Crippen molar-refractivity contribution in [3.8, 4) is 5.82 Å². The number of likely N-dealkylation sites (tertiary alicyclic amines) is 1. The molecule has 1 unspecified atom stereocenters. The number of amides is 1.